The fourth-order valence-electron chi connectivity index (χ4n) is 3.29. The molecule has 136 valence electrons. The van der Waals surface area contributed by atoms with Crippen LogP contribution in [0.5, 0.6) is 0 Å². The van der Waals surface area contributed by atoms with Crippen molar-refractivity contribution >= 4 is 22.2 Å². The molecule has 0 saturated heterocycles. The molecule has 0 spiro atoms. The van der Waals surface area contributed by atoms with Crippen LogP contribution in [0, 0.1) is 24.1 Å². The summed E-state index contributed by atoms with van der Waals surface area (Å²) < 4.78 is 16.1. The Bertz CT molecular complexity index is 1200. The second-order valence-electron chi connectivity index (χ2n) is 6.68. The normalized spacial score (nSPS) is 13.7. The van der Waals surface area contributed by atoms with Crippen molar-refractivity contribution in [1.29, 1.82) is 5.26 Å². The second kappa shape index (κ2) is 6.28. The molecule has 0 atom stereocenters. The largest absolute Gasteiger partial charge is 0.364 e. The Morgan fingerprint density at radius 1 is 1.44 bits per heavy atom. The smallest absolute Gasteiger partial charge is 0.266 e. The summed E-state index contributed by atoms with van der Waals surface area (Å²) in [5.74, 6) is -0.868. The van der Waals surface area contributed by atoms with E-state index in [-0.39, 0.29) is 23.8 Å². The molecule has 0 unspecified atom stereocenters. The van der Waals surface area contributed by atoms with Gasteiger partial charge in [-0.15, -0.1) is 11.3 Å². The minimum absolute atomic E-state index is 0.0929. The average Bonchev–Trinajstić information content (AvgIpc) is 3.38. The standard InChI is InChI=1S/C19H15FN4O2S/c1-9-17(18(22)26)24-15(25)7-13(23-19(24)27-9)6-12-4-10(8-21)5-14(16(12)20)11-2-3-11/h4-5,7,11H,2-3,6H2,1H3,(H2,22,26). The average molecular weight is 382 g/mol. The van der Waals surface area contributed by atoms with E-state index in [4.69, 9.17) is 5.73 Å². The lowest BCUT2D eigenvalue weighted by Crippen LogP contribution is -2.23. The third kappa shape index (κ3) is 3.00. The Labute approximate surface area is 157 Å². The lowest BCUT2D eigenvalue weighted by atomic mass is 9.99. The first kappa shape index (κ1) is 17.4. The van der Waals surface area contributed by atoms with Crippen LogP contribution in [0.25, 0.3) is 4.96 Å². The molecule has 0 bridgehead atoms. The number of carbonyl (C=O) groups is 1. The number of carbonyl (C=O) groups excluding carboxylic acids is 1. The molecule has 8 heteroatoms. The minimum atomic E-state index is -0.697. The third-order valence-electron chi connectivity index (χ3n) is 4.67. The summed E-state index contributed by atoms with van der Waals surface area (Å²) in [5.41, 5.74) is 6.72. The molecular weight excluding hydrogens is 367 g/mol. The van der Waals surface area contributed by atoms with Crippen LogP contribution in [-0.2, 0) is 6.42 Å². The molecule has 1 aromatic carbocycles. The molecule has 1 saturated carbocycles. The highest BCUT2D eigenvalue weighted by Gasteiger charge is 2.28. The highest BCUT2D eigenvalue weighted by atomic mass is 32.1. The number of amides is 1. The summed E-state index contributed by atoms with van der Waals surface area (Å²) in [5, 5.41) is 9.23. The maximum absolute atomic E-state index is 14.9. The summed E-state index contributed by atoms with van der Waals surface area (Å²) >= 11 is 1.18. The summed E-state index contributed by atoms with van der Waals surface area (Å²) in [4.78, 5) is 29.4. The van der Waals surface area contributed by atoms with Crippen LogP contribution in [0.2, 0.25) is 0 Å². The molecule has 27 heavy (non-hydrogen) atoms. The first-order chi connectivity index (χ1) is 12.9. The number of aromatic nitrogens is 2. The maximum atomic E-state index is 14.9. The van der Waals surface area contributed by atoms with Crippen molar-refractivity contribution in [2.45, 2.75) is 32.1 Å². The molecule has 0 aliphatic heterocycles. The van der Waals surface area contributed by atoms with Crippen LogP contribution in [0.4, 0.5) is 4.39 Å². The van der Waals surface area contributed by atoms with Crippen LogP contribution >= 0.6 is 11.3 Å². The number of aryl methyl sites for hydroxylation is 1. The highest BCUT2D eigenvalue weighted by molar-refractivity contribution is 7.17. The van der Waals surface area contributed by atoms with Crippen LogP contribution in [0.15, 0.2) is 23.0 Å². The fourth-order valence-corrected chi connectivity index (χ4v) is 4.28. The first-order valence-corrected chi connectivity index (χ1v) is 9.25. The van der Waals surface area contributed by atoms with Crippen LogP contribution in [0.3, 0.4) is 0 Å². The molecule has 1 aliphatic rings. The topological polar surface area (TPSA) is 101 Å². The molecule has 1 aliphatic carbocycles. The number of nitriles is 1. The minimum Gasteiger partial charge on any atom is -0.364 e. The van der Waals surface area contributed by atoms with E-state index in [1.54, 1.807) is 13.0 Å². The zero-order chi connectivity index (χ0) is 19.3. The first-order valence-electron chi connectivity index (χ1n) is 8.43. The van der Waals surface area contributed by atoms with Gasteiger partial charge in [0.2, 0.25) is 0 Å². The van der Waals surface area contributed by atoms with Crippen molar-refractivity contribution in [2.24, 2.45) is 5.73 Å². The SMILES string of the molecule is Cc1sc2nc(Cc3cc(C#N)cc(C4CC4)c3F)cc(=O)n2c1C(N)=O. The van der Waals surface area contributed by atoms with Crippen molar-refractivity contribution in [1.82, 2.24) is 9.38 Å². The van der Waals surface area contributed by atoms with Gasteiger partial charge in [0.25, 0.3) is 11.5 Å². The highest BCUT2D eigenvalue weighted by Crippen LogP contribution is 2.42. The van der Waals surface area contributed by atoms with E-state index in [2.05, 4.69) is 11.1 Å². The number of nitrogens with two attached hydrogens (primary N) is 1. The van der Waals surface area contributed by atoms with E-state index in [0.29, 0.717) is 32.2 Å². The van der Waals surface area contributed by atoms with E-state index in [9.17, 15) is 19.2 Å². The van der Waals surface area contributed by atoms with Crippen LogP contribution in [0.1, 0.15) is 56.5 Å². The number of halogens is 1. The van der Waals surface area contributed by atoms with Crippen molar-refractivity contribution in [3.63, 3.8) is 0 Å². The number of benzene rings is 1. The summed E-state index contributed by atoms with van der Waals surface area (Å²) in [6.07, 6.45) is 1.93. The molecule has 2 heterocycles. The third-order valence-corrected chi connectivity index (χ3v) is 5.63. The molecular formula is C19H15FN4O2S. The van der Waals surface area contributed by atoms with Crippen molar-refractivity contribution in [2.75, 3.05) is 0 Å². The number of thiazole rings is 1. The maximum Gasteiger partial charge on any atom is 0.266 e. The number of primary amides is 1. The molecule has 1 amide bonds. The monoisotopic (exact) mass is 382 g/mol. The van der Waals surface area contributed by atoms with Crippen molar-refractivity contribution in [3.8, 4) is 6.07 Å². The van der Waals surface area contributed by atoms with Crippen molar-refractivity contribution < 1.29 is 9.18 Å². The van der Waals surface area contributed by atoms with Gasteiger partial charge in [-0.25, -0.2) is 13.8 Å². The lowest BCUT2D eigenvalue weighted by molar-refractivity contribution is 0.0994. The predicted molar refractivity (Wildman–Crippen MR) is 98.5 cm³/mol. The zero-order valence-electron chi connectivity index (χ0n) is 14.5. The van der Waals surface area contributed by atoms with Gasteiger partial charge < -0.3 is 5.73 Å². The molecule has 0 radical (unpaired) electrons. The van der Waals surface area contributed by atoms with Gasteiger partial charge >= 0.3 is 0 Å². The second-order valence-corrected chi connectivity index (χ2v) is 7.86. The summed E-state index contributed by atoms with van der Waals surface area (Å²) in [6.45, 7) is 1.69. The van der Waals surface area contributed by atoms with Crippen LogP contribution < -0.4 is 11.3 Å². The molecule has 6 nitrogen and oxygen atoms in total. The van der Waals surface area contributed by atoms with Gasteiger partial charge in [-0.1, -0.05) is 0 Å². The van der Waals surface area contributed by atoms with E-state index in [0.717, 1.165) is 12.8 Å². The molecule has 3 aromatic rings. The number of rotatable bonds is 4. The van der Waals surface area contributed by atoms with Gasteiger partial charge in [0.05, 0.1) is 17.3 Å². The fraction of sp³-hybridized carbons (Fsp3) is 0.263. The number of hydrogen-bond donors (Lipinski definition) is 1. The van der Waals surface area contributed by atoms with Gasteiger partial charge in [-0.2, -0.15) is 5.26 Å². The summed E-state index contributed by atoms with van der Waals surface area (Å²) in [6, 6.07) is 6.44. The lowest BCUT2D eigenvalue weighted by Gasteiger charge is -2.09. The summed E-state index contributed by atoms with van der Waals surface area (Å²) in [7, 11) is 0. The van der Waals surface area contributed by atoms with E-state index >= 15 is 0 Å². The predicted octanol–water partition coefficient (Wildman–Crippen LogP) is 2.64. The van der Waals surface area contributed by atoms with E-state index in [1.807, 2.05) is 0 Å². The van der Waals surface area contributed by atoms with Gasteiger partial charge in [-0.05, 0) is 48.9 Å². The van der Waals surface area contributed by atoms with E-state index < -0.39 is 11.5 Å². The van der Waals surface area contributed by atoms with Crippen molar-refractivity contribution in [3.05, 3.63) is 67.3 Å². The molecule has 4 rings (SSSR count). The van der Waals surface area contributed by atoms with E-state index in [1.165, 1.54) is 27.9 Å². The Kier molecular flexibility index (Phi) is 4.04. The number of fused-ring (bicyclic) bond motifs is 1. The molecule has 2 N–H and O–H groups in total. The van der Waals surface area contributed by atoms with Gasteiger partial charge in [0, 0.05) is 17.4 Å². The van der Waals surface area contributed by atoms with Gasteiger partial charge in [0.1, 0.15) is 11.5 Å². The van der Waals surface area contributed by atoms with Gasteiger partial charge in [-0.3, -0.25) is 9.59 Å². The van der Waals surface area contributed by atoms with Crippen LogP contribution in [-0.4, -0.2) is 15.3 Å². The Morgan fingerprint density at radius 3 is 2.81 bits per heavy atom. The zero-order valence-corrected chi connectivity index (χ0v) is 15.3. The number of nitrogens with zero attached hydrogens (tertiary/aromatic N) is 3. The Morgan fingerprint density at radius 2 is 2.19 bits per heavy atom. The number of hydrogen-bond acceptors (Lipinski definition) is 5. The Balaban J connectivity index is 1.81. The molecule has 2 aromatic heterocycles. The van der Waals surface area contributed by atoms with Gasteiger partial charge in [0.15, 0.2) is 4.96 Å². The quantitative estimate of drug-likeness (QED) is 0.749. The Hall–Kier alpha value is -3.05. The molecule has 1 fully saturated rings.